The first-order chi connectivity index (χ1) is 10.1. The lowest BCUT2D eigenvalue weighted by Crippen LogP contribution is -2.35. The molecule has 5 heteroatoms. The summed E-state index contributed by atoms with van der Waals surface area (Å²) in [7, 11) is 0. The van der Waals surface area contributed by atoms with Crippen molar-refractivity contribution in [2.75, 3.05) is 6.54 Å². The number of benzene rings is 1. The van der Waals surface area contributed by atoms with Crippen molar-refractivity contribution >= 4 is 28.8 Å². The molecule has 1 aromatic heterocycles. The highest BCUT2D eigenvalue weighted by Gasteiger charge is 2.22. The van der Waals surface area contributed by atoms with Crippen LogP contribution in [0.3, 0.4) is 0 Å². The third-order valence-electron chi connectivity index (χ3n) is 3.76. The average molecular weight is 324 g/mol. The summed E-state index contributed by atoms with van der Waals surface area (Å²) in [5.74, 6) is -0.165. The smallest absolute Gasteiger partial charge is 0.223 e. The average Bonchev–Trinajstić information content (AvgIpc) is 2.85. The number of thiophene rings is 1. The van der Waals surface area contributed by atoms with Gasteiger partial charge in [0.25, 0.3) is 0 Å². The van der Waals surface area contributed by atoms with Crippen molar-refractivity contribution in [2.45, 2.75) is 25.8 Å². The van der Waals surface area contributed by atoms with Gasteiger partial charge in [-0.3, -0.25) is 4.79 Å². The fraction of sp³-hybridized carbons (Fsp3) is 0.312. The number of carbonyl (C=O) groups excluding carboxylic acids is 1. The van der Waals surface area contributed by atoms with Gasteiger partial charge in [0, 0.05) is 24.4 Å². The Labute approximate surface area is 132 Å². The zero-order valence-corrected chi connectivity index (χ0v) is 13.0. The Hall–Kier alpha value is -1.39. The number of hydrogen-bond donors (Lipinski definition) is 0. The molecule has 1 amide bonds. The van der Waals surface area contributed by atoms with Gasteiger partial charge in [-0.25, -0.2) is 4.39 Å². The highest BCUT2D eigenvalue weighted by Crippen LogP contribution is 2.31. The summed E-state index contributed by atoms with van der Waals surface area (Å²) in [5, 5.41) is 0. The molecule has 1 aliphatic rings. The summed E-state index contributed by atoms with van der Waals surface area (Å²) < 4.78 is 14.3. The van der Waals surface area contributed by atoms with Crippen LogP contribution in [0.4, 0.5) is 4.39 Å². The SMILES string of the molecule is O=C(CCc1ccccc1F)N1CCc2sc(Cl)cc2C1. The molecular weight excluding hydrogens is 309 g/mol. The van der Waals surface area contributed by atoms with Gasteiger partial charge >= 0.3 is 0 Å². The van der Waals surface area contributed by atoms with E-state index in [9.17, 15) is 9.18 Å². The zero-order chi connectivity index (χ0) is 14.8. The van der Waals surface area contributed by atoms with Gasteiger partial charge in [-0.2, -0.15) is 0 Å². The second kappa shape index (κ2) is 6.16. The van der Waals surface area contributed by atoms with E-state index < -0.39 is 0 Å². The van der Waals surface area contributed by atoms with E-state index in [1.54, 1.807) is 29.5 Å². The molecule has 0 aliphatic carbocycles. The van der Waals surface area contributed by atoms with Crippen LogP contribution in [0.25, 0.3) is 0 Å². The van der Waals surface area contributed by atoms with Crippen LogP contribution in [0.15, 0.2) is 30.3 Å². The molecule has 1 aromatic carbocycles. The van der Waals surface area contributed by atoms with Crippen LogP contribution in [-0.4, -0.2) is 17.4 Å². The maximum Gasteiger partial charge on any atom is 0.223 e. The zero-order valence-electron chi connectivity index (χ0n) is 11.4. The van der Waals surface area contributed by atoms with Gasteiger partial charge in [-0.1, -0.05) is 29.8 Å². The summed E-state index contributed by atoms with van der Waals surface area (Å²) in [4.78, 5) is 15.4. The van der Waals surface area contributed by atoms with E-state index in [1.807, 2.05) is 11.0 Å². The van der Waals surface area contributed by atoms with Crippen LogP contribution in [-0.2, 0) is 24.2 Å². The molecule has 21 heavy (non-hydrogen) atoms. The largest absolute Gasteiger partial charge is 0.338 e. The first-order valence-electron chi connectivity index (χ1n) is 6.92. The first-order valence-corrected chi connectivity index (χ1v) is 8.11. The van der Waals surface area contributed by atoms with Crippen LogP contribution in [0.1, 0.15) is 22.4 Å². The normalized spacial score (nSPS) is 14.1. The fourth-order valence-electron chi connectivity index (χ4n) is 2.61. The third-order valence-corrected chi connectivity index (χ3v) is 5.12. The molecule has 0 bridgehead atoms. The number of carbonyl (C=O) groups is 1. The predicted octanol–water partition coefficient (Wildman–Crippen LogP) is 4.06. The lowest BCUT2D eigenvalue weighted by atomic mass is 10.1. The molecule has 1 aliphatic heterocycles. The summed E-state index contributed by atoms with van der Waals surface area (Å²) in [6.45, 7) is 1.34. The number of hydrogen-bond acceptors (Lipinski definition) is 2. The van der Waals surface area contributed by atoms with Crippen molar-refractivity contribution in [3.05, 3.63) is 56.5 Å². The minimum Gasteiger partial charge on any atom is -0.338 e. The molecule has 2 heterocycles. The number of rotatable bonds is 3. The van der Waals surface area contributed by atoms with Gasteiger partial charge in [-0.15, -0.1) is 11.3 Å². The van der Waals surface area contributed by atoms with E-state index in [1.165, 1.54) is 10.9 Å². The molecule has 0 atom stereocenters. The third kappa shape index (κ3) is 3.27. The van der Waals surface area contributed by atoms with Crippen LogP contribution in [0.5, 0.6) is 0 Å². The van der Waals surface area contributed by atoms with Crippen molar-refractivity contribution in [1.82, 2.24) is 4.90 Å². The molecule has 110 valence electrons. The van der Waals surface area contributed by atoms with Crippen molar-refractivity contribution in [2.24, 2.45) is 0 Å². The Balaban J connectivity index is 1.61. The van der Waals surface area contributed by atoms with E-state index in [0.29, 0.717) is 24.9 Å². The van der Waals surface area contributed by atoms with Crippen molar-refractivity contribution in [3.8, 4) is 0 Å². The van der Waals surface area contributed by atoms with E-state index in [4.69, 9.17) is 11.6 Å². The van der Waals surface area contributed by atoms with Gasteiger partial charge in [0.05, 0.1) is 4.34 Å². The topological polar surface area (TPSA) is 20.3 Å². The van der Waals surface area contributed by atoms with Crippen LogP contribution < -0.4 is 0 Å². The predicted molar refractivity (Wildman–Crippen MR) is 83.2 cm³/mol. The summed E-state index contributed by atoms with van der Waals surface area (Å²) in [6.07, 6.45) is 1.64. The van der Waals surface area contributed by atoms with E-state index in [0.717, 1.165) is 22.9 Å². The van der Waals surface area contributed by atoms with Gasteiger partial charge in [-0.05, 0) is 36.1 Å². The lowest BCUT2D eigenvalue weighted by molar-refractivity contribution is -0.132. The van der Waals surface area contributed by atoms with Crippen molar-refractivity contribution in [1.29, 1.82) is 0 Å². The Morgan fingerprint density at radius 3 is 3.00 bits per heavy atom. The Bertz CT molecular complexity index is 670. The number of nitrogens with zero attached hydrogens (tertiary/aromatic N) is 1. The molecule has 2 nitrogen and oxygen atoms in total. The summed E-state index contributed by atoms with van der Waals surface area (Å²) in [5.41, 5.74) is 1.75. The van der Waals surface area contributed by atoms with Gasteiger partial charge < -0.3 is 4.90 Å². The molecule has 0 spiro atoms. The molecule has 0 fully saturated rings. The molecule has 0 unspecified atom stereocenters. The molecule has 0 N–H and O–H groups in total. The fourth-order valence-corrected chi connectivity index (χ4v) is 3.91. The Morgan fingerprint density at radius 1 is 1.38 bits per heavy atom. The van der Waals surface area contributed by atoms with E-state index in [-0.39, 0.29) is 11.7 Å². The monoisotopic (exact) mass is 323 g/mol. The lowest BCUT2D eigenvalue weighted by Gasteiger charge is -2.27. The maximum atomic E-state index is 13.5. The second-order valence-corrected chi connectivity index (χ2v) is 6.92. The molecule has 2 aromatic rings. The van der Waals surface area contributed by atoms with Crippen molar-refractivity contribution < 1.29 is 9.18 Å². The van der Waals surface area contributed by atoms with Gasteiger partial charge in [0.15, 0.2) is 0 Å². The Kier molecular flexibility index (Phi) is 4.27. The number of fused-ring (bicyclic) bond motifs is 1. The highest BCUT2D eigenvalue weighted by molar-refractivity contribution is 7.16. The molecule has 0 saturated carbocycles. The van der Waals surface area contributed by atoms with Crippen LogP contribution in [0, 0.1) is 5.82 Å². The molecule has 3 rings (SSSR count). The second-order valence-electron chi connectivity index (χ2n) is 5.16. The number of amides is 1. The highest BCUT2D eigenvalue weighted by atomic mass is 35.5. The van der Waals surface area contributed by atoms with Gasteiger partial charge in [0.1, 0.15) is 5.82 Å². The summed E-state index contributed by atoms with van der Waals surface area (Å²) in [6, 6.07) is 8.56. The van der Waals surface area contributed by atoms with Gasteiger partial charge in [0.2, 0.25) is 5.91 Å². The standard InChI is InChI=1S/C16H15ClFNOS/c17-15-9-12-10-19(8-7-14(12)21-15)16(20)6-5-11-3-1-2-4-13(11)18/h1-4,9H,5-8,10H2. The Morgan fingerprint density at radius 2 is 2.19 bits per heavy atom. The minimum atomic E-state index is -0.240. The number of aryl methyl sites for hydroxylation is 1. The number of halogens is 2. The molecule has 0 radical (unpaired) electrons. The minimum absolute atomic E-state index is 0.0752. The molecule has 0 saturated heterocycles. The first kappa shape index (κ1) is 14.5. The van der Waals surface area contributed by atoms with Crippen LogP contribution in [0.2, 0.25) is 4.34 Å². The molecular formula is C16H15ClFNOS. The van der Waals surface area contributed by atoms with Crippen molar-refractivity contribution in [3.63, 3.8) is 0 Å². The summed E-state index contributed by atoms with van der Waals surface area (Å²) >= 11 is 7.60. The maximum absolute atomic E-state index is 13.5. The van der Waals surface area contributed by atoms with E-state index in [2.05, 4.69) is 0 Å². The van der Waals surface area contributed by atoms with E-state index >= 15 is 0 Å². The van der Waals surface area contributed by atoms with Crippen LogP contribution >= 0.6 is 22.9 Å². The quantitative estimate of drug-likeness (QED) is 0.834.